The highest BCUT2D eigenvalue weighted by Crippen LogP contribution is 2.16. The number of nitro benzene ring substituents is 1. The summed E-state index contributed by atoms with van der Waals surface area (Å²) < 4.78 is 0. The lowest BCUT2D eigenvalue weighted by molar-refractivity contribution is -0.384. The van der Waals surface area contributed by atoms with E-state index in [1.165, 1.54) is 29.2 Å². The number of carbonyl (C=O) groups excluding carboxylic acids is 2. The Kier molecular flexibility index (Phi) is 5.64. The number of nitrogens with one attached hydrogen (secondary N) is 1. The summed E-state index contributed by atoms with van der Waals surface area (Å²) in [7, 11) is 1.55. The van der Waals surface area contributed by atoms with Crippen molar-refractivity contribution in [1.29, 1.82) is 0 Å². The Morgan fingerprint density at radius 3 is 2.70 bits per heavy atom. The fourth-order valence-corrected chi connectivity index (χ4v) is 1.55. The van der Waals surface area contributed by atoms with E-state index in [2.05, 4.69) is 5.32 Å². The number of rotatable bonds is 5. The van der Waals surface area contributed by atoms with Gasteiger partial charge in [0.15, 0.2) is 0 Å². The molecule has 0 aliphatic heterocycles. The minimum atomic E-state index is -0.802. The van der Waals surface area contributed by atoms with Gasteiger partial charge in [-0.05, 0) is 12.5 Å². The van der Waals surface area contributed by atoms with Crippen LogP contribution in [0.4, 0.5) is 11.4 Å². The van der Waals surface area contributed by atoms with Crippen molar-refractivity contribution in [3.63, 3.8) is 0 Å². The molecule has 0 spiro atoms. The molecule has 0 bridgehead atoms. The van der Waals surface area contributed by atoms with Gasteiger partial charge in [-0.25, -0.2) is 0 Å². The van der Waals surface area contributed by atoms with E-state index < -0.39 is 16.7 Å². The SMILES string of the molecule is CCCCN(C)C(=O)C(=O)Nc1cccc([N+](=O)[O-])c1. The Bertz CT molecular complexity index is 516. The highest BCUT2D eigenvalue weighted by Gasteiger charge is 2.18. The third-order valence-electron chi connectivity index (χ3n) is 2.70. The zero-order valence-corrected chi connectivity index (χ0v) is 11.5. The summed E-state index contributed by atoms with van der Waals surface area (Å²) in [5.41, 5.74) is 0.0797. The first-order valence-corrected chi connectivity index (χ1v) is 6.26. The quantitative estimate of drug-likeness (QED) is 0.505. The van der Waals surface area contributed by atoms with Gasteiger partial charge in [0.05, 0.1) is 4.92 Å². The molecule has 0 atom stereocenters. The molecule has 0 fully saturated rings. The van der Waals surface area contributed by atoms with Crippen LogP contribution in [0.25, 0.3) is 0 Å². The molecule has 0 saturated heterocycles. The van der Waals surface area contributed by atoms with Crippen molar-refractivity contribution in [2.45, 2.75) is 19.8 Å². The Balaban J connectivity index is 2.68. The number of likely N-dealkylation sites (N-methyl/N-ethyl adjacent to an activating group) is 1. The van der Waals surface area contributed by atoms with E-state index in [4.69, 9.17) is 0 Å². The molecule has 1 aromatic rings. The summed E-state index contributed by atoms with van der Waals surface area (Å²) in [5, 5.41) is 13.0. The number of anilines is 1. The number of carbonyl (C=O) groups is 2. The van der Waals surface area contributed by atoms with E-state index in [0.717, 1.165) is 12.8 Å². The molecule has 0 aliphatic carbocycles. The molecule has 0 aromatic heterocycles. The maximum atomic E-state index is 11.8. The lowest BCUT2D eigenvalue weighted by atomic mass is 10.2. The number of non-ortho nitro benzene ring substituents is 1. The van der Waals surface area contributed by atoms with Crippen molar-refractivity contribution < 1.29 is 14.5 Å². The van der Waals surface area contributed by atoms with Gasteiger partial charge in [-0.15, -0.1) is 0 Å². The largest absolute Gasteiger partial charge is 0.338 e. The van der Waals surface area contributed by atoms with E-state index in [1.54, 1.807) is 7.05 Å². The molecule has 7 heteroatoms. The smallest absolute Gasteiger partial charge is 0.313 e. The molecule has 1 aromatic carbocycles. The van der Waals surface area contributed by atoms with E-state index in [0.29, 0.717) is 6.54 Å². The van der Waals surface area contributed by atoms with Crippen molar-refractivity contribution in [2.24, 2.45) is 0 Å². The number of amides is 2. The summed E-state index contributed by atoms with van der Waals surface area (Å²) >= 11 is 0. The second-order valence-corrected chi connectivity index (χ2v) is 4.34. The highest BCUT2D eigenvalue weighted by molar-refractivity contribution is 6.39. The molecule has 2 amide bonds. The highest BCUT2D eigenvalue weighted by atomic mass is 16.6. The first-order valence-electron chi connectivity index (χ1n) is 6.26. The standard InChI is InChI=1S/C13H17N3O4/c1-3-4-8-15(2)13(18)12(17)14-10-6-5-7-11(9-10)16(19)20/h5-7,9H,3-4,8H2,1-2H3,(H,14,17). The molecule has 1 N–H and O–H groups in total. The van der Waals surface area contributed by atoms with Gasteiger partial charge in [-0.3, -0.25) is 19.7 Å². The predicted molar refractivity (Wildman–Crippen MR) is 74.3 cm³/mol. The summed E-state index contributed by atoms with van der Waals surface area (Å²) in [6, 6.07) is 5.45. The maximum Gasteiger partial charge on any atom is 0.313 e. The van der Waals surface area contributed by atoms with Gasteiger partial charge in [-0.2, -0.15) is 0 Å². The summed E-state index contributed by atoms with van der Waals surface area (Å²) in [5.74, 6) is -1.46. The average molecular weight is 279 g/mol. The van der Waals surface area contributed by atoms with E-state index in [1.807, 2.05) is 6.92 Å². The first-order chi connectivity index (χ1) is 9.45. The number of hydrogen-bond acceptors (Lipinski definition) is 4. The number of benzene rings is 1. The van der Waals surface area contributed by atoms with Crippen molar-refractivity contribution in [3.05, 3.63) is 34.4 Å². The van der Waals surface area contributed by atoms with E-state index >= 15 is 0 Å². The zero-order chi connectivity index (χ0) is 15.1. The van der Waals surface area contributed by atoms with Crippen LogP contribution in [0.1, 0.15) is 19.8 Å². The van der Waals surface area contributed by atoms with Crippen molar-refractivity contribution >= 4 is 23.2 Å². The van der Waals surface area contributed by atoms with Crippen LogP contribution >= 0.6 is 0 Å². The minimum absolute atomic E-state index is 0.144. The molecule has 1 rings (SSSR count). The Morgan fingerprint density at radius 2 is 2.10 bits per heavy atom. The Hall–Kier alpha value is -2.44. The third-order valence-corrected chi connectivity index (χ3v) is 2.70. The molecule has 20 heavy (non-hydrogen) atoms. The van der Waals surface area contributed by atoms with Gasteiger partial charge in [0, 0.05) is 31.4 Å². The second kappa shape index (κ2) is 7.22. The normalized spacial score (nSPS) is 9.90. The molecular weight excluding hydrogens is 262 g/mol. The van der Waals surface area contributed by atoms with Gasteiger partial charge in [-0.1, -0.05) is 19.4 Å². The second-order valence-electron chi connectivity index (χ2n) is 4.34. The van der Waals surface area contributed by atoms with Crippen LogP contribution in [0.5, 0.6) is 0 Å². The lowest BCUT2D eigenvalue weighted by Gasteiger charge is -2.15. The molecule has 0 saturated carbocycles. The average Bonchev–Trinajstić information content (AvgIpc) is 2.44. The number of nitrogens with zero attached hydrogens (tertiary/aromatic N) is 2. The molecular formula is C13H17N3O4. The van der Waals surface area contributed by atoms with Crippen molar-refractivity contribution in [2.75, 3.05) is 18.9 Å². The van der Waals surface area contributed by atoms with Crippen LogP contribution < -0.4 is 5.32 Å². The number of unbranched alkanes of at least 4 members (excludes halogenated alkanes) is 1. The molecule has 0 unspecified atom stereocenters. The van der Waals surface area contributed by atoms with Gasteiger partial charge in [0.2, 0.25) is 0 Å². The fraction of sp³-hybridized carbons (Fsp3) is 0.385. The summed E-state index contributed by atoms with van der Waals surface area (Å²) in [6.45, 7) is 2.49. The van der Waals surface area contributed by atoms with Gasteiger partial charge in [0.25, 0.3) is 5.69 Å². The van der Waals surface area contributed by atoms with Gasteiger partial charge >= 0.3 is 11.8 Å². The van der Waals surface area contributed by atoms with Crippen LogP contribution in [-0.4, -0.2) is 35.2 Å². The first kappa shape index (κ1) is 15.6. The van der Waals surface area contributed by atoms with Crippen LogP contribution in [0, 0.1) is 10.1 Å². The number of hydrogen-bond donors (Lipinski definition) is 1. The molecule has 0 aliphatic rings. The maximum absolute atomic E-state index is 11.8. The number of nitro groups is 1. The monoisotopic (exact) mass is 279 g/mol. The summed E-state index contributed by atoms with van der Waals surface area (Å²) in [4.78, 5) is 34.9. The van der Waals surface area contributed by atoms with Crippen molar-refractivity contribution in [3.8, 4) is 0 Å². The van der Waals surface area contributed by atoms with Gasteiger partial charge < -0.3 is 10.2 Å². The zero-order valence-electron chi connectivity index (χ0n) is 11.5. The topological polar surface area (TPSA) is 92.6 Å². The van der Waals surface area contributed by atoms with Crippen LogP contribution in [0.2, 0.25) is 0 Å². The summed E-state index contributed by atoms with van der Waals surface area (Å²) in [6.07, 6.45) is 1.73. The van der Waals surface area contributed by atoms with Gasteiger partial charge in [0.1, 0.15) is 0 Å². The lowest BCUT2D eigenvalue weighted by Crippen LogP contribution is -2.37. The molecule has 7 nitrogen and oxygen atoms in total. The molecule has 108 valence electrons. The fourth-order valence-electron chi connectivity index (χ4n) is 1.55. The predicted octanol–water partition coefficient (Wildman–Crippen LogP) is 1.79. The molecule has 0 radical (unpaired) electrons. The van der Waals surface area contributed by atoms with Crippen LogP contribution in [-0.2, 0) is 9.59 Å². The minimum Gasteiger partial charge on any atom is -0.338 e. The van der Waals surface area contributed by atoms with E-state index in [-0.39, 0.29) is 11.4 Å². The van der Waals surface area contributed by atoms with Crippen LogP contribution in [0.3, 0.4) is 0 Å². The molecule has 0 heterocycles. The third kappa shape index (κ3) is 4.34. The Labute approximate surface area is 116 Å². The van der Waals surface area contributed by atoms with Crippen LogP contribution in [0.15, 0.2) is 24.3 Å². The van der Waals surface area contributed by atoms with E-state index in [9.17, 15) is 19.7 Å². The Morgan fingerprint density at radius 1 is 1.40 bits per heavy atom. The van der Waals surface area contributed by atoms with Crippen molar-refractivity contribution in [1.82, 2.24) is 4.90 Å².